The van der Waals surface area contributed by atoms with Gasteiger partial charge in [0.15, 0.2) is 0 Å². The lowest BCUT2D eigenvalue weighted by atomic mass is 10.1. The molecule has 0 fully saturated rings. The summed E-state index contributed by atoms with van der Waals surface area (Å²) in [6.07, 6.45) is 0. The Hall–Kier alpha value is -1.92. The van der Waals surface area contributed by atoms with E-state index in [1.54, 1.807) is 5.38 Å². The maximum atomic E-state index is 12.0. The zero-order chi connectivity index (χ0) is 16.1. The Morgan fingerprint density at radius 2 is 1.95 bits per heavy atom. The quantitative estimate of drug-likeness (QED) is 0.880. The average molecular weight is 319 g/mol. The van der Waals surface area contributed by atoms with Crippen molar-refractivity contribution in [1.82, 2.24) is 14.8 Å². The molecule has 2 aromatic rings. The molecule has 1 amide bonds. The van der Waals surface area contributed by atoms with Crippen LogP contribution in [0.5, 0.6) is 0 Å². The van der Waals surface area contributed by atoms with E-state index >= 15 is 0 Å². The molecule has 0 spiro atoms. The molecule has 1 aromatic heterocycles. The van der Waals surface area contributed by atoms with Gasteiger partial charge in [-0.25, -0.2) is 0 Å². The zero-order valence-electron chi connectivity index (χ0n) is 13.1. The number of nitrogens with zero attached hydrogens (tertiary/aromatic N) is 2. The van der Waals surface area contributed by atoms with Crippen molar-refractivity contribution in [3.05, 3.63) is 56.1 Å². The Bertz CT molecular complexity index is 703. The summed E-state index contributed by atoms with van der Waals surface area (Å²) >= 11 is 1.12. The number of aryl methyl sites for hydroxylation is 1. The van der Waals surface area contributed by atoms with E-state index in [2.05, 4.69) is 16.3 Å². The molecule has 0 aliphatic heterocycles. The molecule has 6 heteroatoms. The van der Waals surface area contributed by atoms with Crippen LogP contribution in [0, 0.1) is 6.92 Å². The number of carbonyl (C=O) groups is 1. The molecule has 1 N–H and O–H groups in total. The standard InChI is InChI=1S/C16H21N3O2S/c1-12-11-22-16(21)19(12)10-15(20)17-8-13-6-4-5-7-14(13)9-18(2)3/h4-7,11H,8-10H2,1-3H3,(H,17,20). The molecule has 0 bridgehead atoms. The third kappa shape index (κ3) is 4.29. The van der Waals surface area contributed by atoms with Crippen molar-refractivity contribution < 1.29 is 4.79 Å². The first-order valence-corrected chi connectivity index (χ1v) is 7.98. The third-order valence-electron chi connectivity index (χ3n) is 3.36. The van der Waals surface area contributed by atoms with Crippen LogP contribution in [0.15, 0.2) is 34.4 Å². The smallest absolute Gasteiger partial charge is 0.307 e. The van der Waals surface area contributed by atoms with Gasteiger partial charge in [0.05, 0.1) is 0 Å². The number of hydrogen-bond acceptors (Lipinski definition) is 4. The number of amides is 1. The fourth-order valence-electron chi connectivity index (χ4n) is 2.21. The SMILES string of the molecule is Cc1csc(=O)n1CC(=O)NCc1ccccc1CN(C)C. The van der Waals surface area contributed by atoms with E-state index in [-0.39, 0.29) is 17.3 Å². The van der Waals surface area contributed by atoms with E-state index in [4.69, 9.17) is 0 Å². The number of thiazole rings is 1. The van der Waals surface area contributed by atoms with Crippen LogP contribution in [0.25, 0.3) is 0 Å². The van der Waals surface area contributed by atoms with Crippen LogP contribution in [0.4, 0.5) is 0 Å². The molecule has 2 rings (SSSR count). The normalized spacial score (nSPS) is 10.9. The predicted molar refractivity (Wildman–Crippen MR) is 89.0 cm³/mol. The summed E-state index contributed by atoms with van der Waals surface area (Å²) in [5.41, 5.74) is 3.11. The summed E-state index contributed by atoms with van der Waals surface area (Å²) in [4.78, 5) is 25.7. The number of aromatic nitrogens is 1. The Balaban J connectivity index is 1.98. The summed E-state index contributed by atoms with van der Waals surface area (Å²) < 4.78 is 1.49. The van der Waals surface area contributed by atoms with E-state index in [0.29, 0.717) is 6.54 Å². The minimum Gasteiger partial charge on any atom is -0.350 e. The lowest BCUT2D eigenvalue weighted by Gasteiger charge is -2.14. The summed E-state index contributed by atoms with van der Waals surface area (Å²) in [5, 5.41) is 4.66. The summed E-state index contributed by atoms with van der Waals surface area (Å²) in [5.74, 6) is -0.150. The largest absolute Gasteiger partial charge is 0.350 e. The predicted octanol–water partition coefficient (Wildman–Crippen LogP) is 1.60. The van der Waals surface area contributed by atoms with Gasteiger partial charge < -0.3 is 10.2 Å². The molecule has 22 heavy (non-hydrogen) atoms. The third-order valence-corrected chi connectivity index (χ3v) is 4.24. The van der Waals surface area contributed by atoms with Gasteiger partial charge in [0.2, 0.25) is 5.91 Å². The van der Waals surface area contributed by atoms with Gasteiger partial charge in [-0.05, 0) is 32.1 Å². The van der Waals surface area contributed by atoms with Gasteiger partial charge in [-0.15, -0.1) is 0 Å². The molecule has 1 heterocycles. The van der Waals surface area contributed by atoms with Gasteiger partial charge in [0.25, 0.3) is 0 Å². The monoisotopic (exact) mass is 319 g/mol. The number of carbonyl (C=O) groups excluding carboxylic acids is 1. The van der Waals surface area contributed by atoms with E-state index in [0.717, 1.165) is 29.1 Å². The van der Waals surface area contributed by atoms with Gasteiger partial charge >= 0.3 is 4.87 Å². The lowest BCUT2D eigenvalue weighted by Crippen LogP contribution is -2.31. The molecule has 0 unspecified atom stereocenters. The van der Waals surface area contributed by atoms with E-state index in [9.17, 15) is 9.59 Å². The van der Waals surface area contributed by atoms with Crippen LogP contribution < -0.4 is 10.2 Å². The van der Waals surface area contributed by atoms with E-state index < -0.39 is 0 Å². The molecule has 0 radical (unpaired) electrons. The molecule has 0 saturated carbocycles. The number of nitrogens with one attached hydrogen (secondary N) is 1. The van der Waals surface area contributed by atoms with Crippen molar-refractivity contribution in [2.45, 2.75) is 26.6 Å². The maximum absolute atomic E-state index is 12.0. The summed E-state index contributed by atoms with van der Waals surface area (Å²) in [6.45, 7) is 3.21. The first kappa shape index (κ1) is 16.5. The van der Waals surface area contributed by atoms with Crippen molar-refractivity contribution in [3.63, 3.8) is 0 Å². The molecule has 0 atom stereocenters. The first-order chi connectivity index (χ1) is 10.5. The summed E-state index contributed by atoms with van der Waals surface area (Å²) in [6, 6.07) is 8.04. The topological polar surface area (TPSA) is 54.3 Å². The Kier molecular flexibility index (Phi) is 5.51. The molecule has 0 aliphatic rings. The van der Waals surface area contributed by atoms with Crippen molar-refractivity contribution in [1.29, 1.82) is 0 Å². The molecule has 1 aromatic carbocycles. The van der Waals surface area contributed by atoms with Crippen molar-refractivity contribution >= 4 is 17.2 Å². The molecule has 0 saturated heterocycles. The second-order valence-electron chi connectivity index (χ2n) is 5.51. The Morgan fingerprint density at radius 1 is 1.27 bits per heavy atom. The van der Waals surface area contributed by atoms with Gasteiger partial charge in [-0.1, -0.05) is 35.6 Å². The van der Waals surface area contributed by atoms with Crippen molar-refractivity contribution in [2.75, 3.05) is 14.1 Å². The molecule has 5 nitrogen and oxygen atoms in total. The highest BCUT2D eigenvalue weighted by molar-refractivity contribution is 7.07. The second-order valence-corrected chi connectivity index (χ2v) is 6.33. The van der Waals surface area contributed by atoms with Crippen LogP contribution >= 0.6 is 11.3 Å². The minimum atomic E-state index is -0.150. The highest BCUT2D eigenvalue weighted by atomic mass is 32.1. The molecular formula is C16H21N3O2S. The van der Waals surface area contributed by atoms with E-state index in [1.807, 2.05) is 39.2 Å². The van der Waals surface area contributed by atoms with Gasteiger partial charge in [-0.3, -0.25) is 14.2 Å². The van der Waals surface area contributed by atoms with Gasteiger partial charge in [-0.2, -0.15) is 0 Å². The van der Waals surface area contributed by atoms with Gasteiger partial charge in [0.1, 0.15) is 6.54 Å². The van der Waals surface area contributed by atoms with Crippen molar-refractivity contribution in [2.24, 2.45) is 0 Å². The fraction of sp³-hybridized carbons (Fsp3) is 0.375. The Labute approximate surface area is 134 Å². The van der Waals surface area contributed by atoms with Crippen LogP contribution in [0.2, 0.25) is 0 Å². The van der Waals surface area contributed by atoms with Crippen LogP contribution in [0.3, 0.4) is 0 Å². The maximum Gasteiger partial charge on any atom is 0.307 e. The van der Waals surface area contributed by atoms with Crippen molar-refractivity contribution in [3.8, 4) is 0 Å². The number of hydrogen-bond donors (Lipinski definition) is 1. The van der Waals surface area contributed by atoms with Crippen LogP contribution in [-0.2, 0) is 24.4 Å². The molecule has 118 valence electrons. The fourth-order valence-corrected chi connectivity index (χ4v) is 2.95. The highest BCUT2D eigenvalue weighted by Gasteiger charge is 2.09. The molecule has 0 aliphatic carbocycles. The lowest BCUT2D eigenvalue weighted by molar-refractivity contribution is -0.121. The zero-order valence-corrected chi connectivity index (χ0v) is 13.9. The minimum absolute atomic E-state index is 0.0734. The van der Waals surface area contributed by atoms with E-state index in [1.165, 1.54) is 10.1 Å². The number of rotatable bonds is 6. The average Bonchev–Trinajstić information content (AvgIpc) is 2.78. The summed E-state index contributed by atoms with van der Waals surface area (Å²) in [7, 11) is 4.03. The number of benzene rings is 1. The Morgan fingerprint density at radius 3 is 2.55 bits per heavy atom. The first-order valence-electron chi connectivity index (χ1n) is 7.10. The molecular weight excluding hydrogens is 298 g/mol. The van der Waals surface area contributed by atoms with Crippen LogP contribution in [0.1, 0.15) is 16.8 Å². The van der Waals surface area contributed by atoms with Gasteiger partial charge in [0, 0.05) is 24.2 Å². The second kappa shape index (κ2) is 7.38. The van der Waals surface area contributed by atoms with Crippen LogP contribution in [-0.4, -0.2) is 29.5 Å². The highest BCUT2D eigenvalue weighted by Crippen LogP contribution is 2.10.